The third-order valence-electron chi connectivity index (χ3n) is 4.81. The van der Waals surface area contributed by atoms with Gasteiger partial charge in [0.05, 0.1) is 11.4 Å². The lowest BCUT2D eigenvalue weighted by atomic mass is 9.92. The van der Waals surface area contributed by atoms with Crippen molar-refractivity contribution in [3.8, 4) is 0 Å². The molecule has 0 spiro atoms. The summed E-state index contributed by atoms with van der Waals surface area (Å²) >= 11 is 0. The van der Waals surface area contributed by atoms with Gasteiger partial charge in [0.2, 0.25) is 0 Å². The van der Waals surface area contributed by atoms with Crippen molar-refractivity contribution >= 4 is 0 Å². The molecule has 1 saturated heterocycles. The molecule has 20 heavy (non-hydrogen) atoms. The van der Waals surface area contributed by atoms with Crippen LogP contribution in [-0.4, -0.2) is 39.9 Å². The van der Waals surface area contributed by atoms with Gasteiger partial charge in [-0.3, -0.25) is 9.58 Å². The molecule has 1 aliphatic heterocycles. The van der Waals surface area contributed by atoms with E-state index in [9.17, 15) is 0 Å². The molecule has 2 heterocycles. The van der Waals surface area contributed by atoms with Crippen LogP contribution in [0.1, 0.15) is 51.4 Å². The van der Waals surface area contributed by atoms with Crippen LogP contribution >= 0.6 is 0 Å². The molecule has 4 nitrogen and oxygen atoms in total. The van der Waals surface area contributed by atoms with Crippen LogP contribution in [0, 0.1) is 0 Å². The van der Waals surface area contributed by atoms with Crippen molar-refractivity contribution in [3.63, 3.8) is 0 Å². The summed E-state index contributed by atoms with van der Waals surface area (Å²) in [5.41, 5.74) is 2.83. The van der Waals surface area contributed by atoms with Crippen LogP contribution in [0.15, 0.2) is 6.07 Å². The highest BCUT2D eigenvalue weighted by molar-refractivity contribution is 5.10. The summed E-state index contributed by atoms with van der Waals surface area (Å²) in [6, 6.07) is 2.26. The van der Waals surface area contributed by atoms with Gasteiger partial charge < -0.3 is 5.32 Å². The molecular formula is C16H30N4. The lowest BCUT2D eigenvalue weighted by molar-refractivity contribution is 0.188. The van der Waals surface area contributed by atoms with E-state index in [1.165, 1.54) is 37.2 Å². The zero-order valence-corrected chi connectivity index (χ0v) is 13.6. The summed E-state index contributed by atoms with van der Waals surface area (Å²) in [4.78, 5) is 2.60. The minimum atomic E-state index is 0.294. The van der Waals surface area contributed by atoms with E-state index in [2.05, 4.69) is 53.9 Å². The van der Waals surface area contributed by atoms with Crippen LogP contribution in [0.5, 0.6) is 0 Å². The first-order valence-corrected chi connectivity index (χ1v) is 8.11. The van der Waals surface area contributed by atoms with E-state index in [1.807, 2.05) is 0 Å². The largest absolute Gasteiger partial charge is 0.310 e. The highest BCUT2D eigenvalue weighted by Crippen LogP contribution is 2.21. The van der Waals surface area contributed by atoms with Crippen LogP contribution in [0.3, 0.4) is 0 Å². The third kappa shape index (κ3) is 3.41. The Morgan fingerprint density at radius 2 is 2.05 bits per heavy atom. The first-order chi connectivity index (χ1) is 9.62. The van der Waals surface area contributed by atoms with Gasteiger partial charge in [-0.1, -0.05) is 20.8 Å². The molecule has 114 valence electrons. The second-order valence-corrected chi connectivity index (χ2v) is 6.08. The zero-order valence-electron chi connectivity index (χ0n) is 13.6. The van der Waals surface area contributed by atoms with Gasteiger partial charge >= 0.3 is 0 Å². The topological polar surface area (TPSA) is 33.1 Å². The Bertz CT molecular complexity index is 420. The summed E-state index contributed by atoms with van der Waals surface area (Å²) in [6.07, 6.45) is 4.65. The fourth-order valence-corrected chi connectivity index (χ4v) is 3.20. The van der Waals surface area contributed by atoms with Crippen LogP contribution in [0.2, 0.25) is 0 Å². The van der Waals surface area contributed by atoms with Crippen molar-refractivity contribution in [2.45, 2.75) is 58.5 Å². The molecule has 0 aliphatic carbocycles. The predicted octanol–water partition coefficient (Wildman–Crippen LogP) is 2.34. The van der Waals surface area contributed by atoms with Crippen LogP contribution in [-0.2, 0) is 20.0 Å². The van der Waals surface area contributed by atoms with Gasteiger partial charge in [0.1, 0.15) is 0 Å². The first kappa shape index (κ1) is 15.5. The summed E-state index contributed by atoms with van der Waals surface area (Å²) in [5.74, 6) is 0. The maximum atomic E-state index is 4.57. The monoisotopic (exact) mass is 278 g/mol. The second kappa shape index (κ2) is 6.72. The molecule has 0 atom stereocenters. The average molecular weight is 278 g/mol. The molecule has 0 radical (unpaired) electrons. The molecule has 4 heteroatoms. The van der Waals surface area contributed by atoms with E-state index in [1.54, 1.807) is 0 Å². The van der Waals surface area contributed by atoms with Crippen LogP contribution in [0.25, 0.3) is 0 Å². The maximum Gasteiger partial charge on any atom is 0.0625 e. The predicted molar refractivity (Wildman–Crippen MR) is 83.8 cm³/mol. The quantitative estimate of drug-likeness (QED) is 0.897. The highest BCUT2D eigenvalue weighted by Gasteiger charge is 2.30. The van der Waals surface area contributed by atoms with E-state index in [0.717, 1.165) is 26.1 Å². The van der Waals surface area contributed by atoms with Crippen LogP contribution in [0.4, 0.5) is 0 Å². The molecule has 1 aromatic rings. The summed E-state index contributed by atoms with van der Waals surface area (Å²) < 4.78 is 2.05. The Morgan fingerprint density at radius 1 is 1.30 bits per heavy atom. The second-order valence-electron chi connectivity index (χ2n) is 6.08. The smallest absolute Gasteiger partial charge is 0.0625 e. The van der Waals surface area contributed by atoms with Crippen molar-refractivity contribution in [1.82, 2.24) is 20.0 Å². The fourth-order valence-electron chi connectivity index (χ4n) is 3.20. The average Bonchev–Trinajstić information content (AvgIpc) is 2.70. The van der Waals surface area contributed by atoms with E-state index in [4.69, 9.17) is 0 Å². The van der Waals surface area contributed by atoms with E-state index < -0.39 is 0 Å². The van der Waals surface area contributed by atoms with Gasteiger partial charge in [-0.25, -0.2) is 0 Å². The molecule has 0 amide bonds. The van der Waals surface area contributed by atoms with Crippen molar-refractivity contribution in [2.24, 2.45) is 7.05 Å². The Balaban J connectivity index is 2.08. The van der Waals surface area contributed by atoms with Gasteiger partial charge in [0.15, 0.2) is 0 Å². The number of rotatable bonds is 5. The Hall–Kier alpha value is -0.870. The van der Waals surface area contributed by atoms with Gasteiger partial charge in [-0.15, -0.1) is 0 Å². The normalized spacial score (nSPS) is 20.0. The minimum absolute atomic E-state index is 0.294. The van der Waals surface area contributed by atoms with E-state index >= 15 is 0 Å². The van der Waals surface area contributed by atoms with E-state index in [0.29, 0.717) is 5.54 Å². The van der Waals surface area contributed by atoms with E-state index in [-0.39, 0.29) is 0 Å². The first-order valence-electron chi connectivity index (χ1n) is 8.11. The standard InChI is InChI=1S/C16H30N4/c1-5-14-11-15(19(4)18-14)12-20-10-8-9-17-16(6-2,7-3)13-20/h11,17H,5-10,12-13H2,1-4H3. The lowest BCUT2D eigenvalue weighted by Gasteiger charge is -2.35. The molecule has 0 bridgehead atoms. The van der Waals surface area contributed by atoms with Crippen molar-refractivity contribution < 1.29 is 0 Å². The van der Waals surface area contributed by atoms with Crippen LogP contribution < -0.4 is 5.32 Å². The molecule has 0 aromatic carbocycles. The molecular weight excluding hydrogens is 248 g/mol. The van der Waals surface area contributed by atoms with Gasteiger partial charge in [0, 0.05) is 25.7 Å². The summed E-state index contributed by atoms with van der Waals surface area (Å²) in [6.45, 7) is 11.3. The Morgan fingerprint density at radius 3 is 2.65 bits per heavy atom. The third-order valence-corrected chi connectivity index (χ3v) is 4.81. The molecule has 1 fully saturated rings. The molecule has 1 N–H and O–H groups in total. The van der Waals surface area contributed by atoms with Gasteiger partial charge in [0.25, 0.3) is 0 Å². The molecule has 1 aromatic heterocycles. The number of nitrogens with zero attached hydrogens (tertiary/aromatic N) is 3. The lowest BCUT2D eigenvalue weighted by Crippen LogP contribution is -2.50. The fraction of sp³-hybridized carbons (Fsp3) is 0.812. The van der Waals surface area contributed by atoms with Crippen molar-refractivity contribution in [2.75, 3.05) is 19.6 Å². The van der Waals surface area contributed by atoms with Crippen molar-refractivity contribution in [3.05, 3.63) is 17.5 Å². The minimum Gasteiger partial charge on any atom is -0.310 e. The molecule has 0 saturated carbocycles. The number of aryl methyl sites for hydroxylation is 2. The SMILES string of the molecule is CCc1cc(CN2CCCNC(CC)(CC)C2)n(C)n1. The molecule has 2 rings (SSSR count). The molecule has 0 unspecified atom stereocenters. The van der Waals surface area contributed by atoms with Crippen molar-refractivity contribution in [1.29, 1.82) is 0 Å². The Labute approximate surface area is 123 Å². The molecule has 1 aliphatic rings. The van der Waals surface area contributed by atoms with Gasteiger partial charge in [-0.05, 0) is 44.8 Å². The maximum absolute atomic E-state index is 4.57. The van der Waals surface area contributed by atoms with Gasteiger partial charge in [-0.2, -0.15) is 5.10 Å². The number of nitrogens with one attached hydrogen (secondary N) is 1. The number of hydrogen-bond acceptors (Lipinski definition) is 3. The Kier molecular flexibility index (Phi) is 5.22. The number of hydrogen-bond donors (Lipinski definition) is 1. The highest BCUT2D eigenvalue weighted by atomic mass is 15.3. The summed E-state index contributed by atoms with van der Waals surface area (Å²) in [5, 5.41) is 8.35. The zero-order chi connectivity index (χ0) is 14.6. The summed E-state index contributed by atoms with van der Waals surface area (Å²) in [7, 11) is 2.07. The number of aromatic nitrogens is 2.